The number of aromatic nitrogens is 2. The lowest BCUT2D eigenvalue weighted by molar-refractivity contribution is 0.598. The van der Waals surface area contributed by atoms with Crippen molar-refractivity contribution in [1.29, 1.82) is 0 Å². The van der Waals surface area contributed by atoms with E-state index in [4.69, 9.17) is 11.6 Å². The van der Waals surface area contributed by atoms with Gasteiger partial charge in [-0.25, -0.2) is 0 Å². The summed E-state index contributed by atoms with van der Waals surface area (Å²) in [6.45, 7) is 4.91. The van der Waals surface area contributed by atoms with E-state index < -0.39 is 0 Å². The van der Waals surface area contributed by atoms with Crippen LogP contribution in [0.25, 0.3) is 10.9 Å². The molecule has 2 aromatic rings. The van der Waals surface area contributed by atoms with Crippen LogP contribution in [0.2, 0.25) is 0 Å². The van der Waals surface area contributed by atoms with Crippen molar-refractivity contribution < 1.29 is 0 Å². The number of nitrogens with zero attached hydrogens (tertiary/aromatic N) is 2. The Bertz CT molecular complexity index is 507. The molecule has 1 N–H and O–H groups in total. The van der Waals surface area contributed by atoms with Gasteiger partial charge in [-0.3, -0.25) is 4.68 Å². The summed E-state index contributed by atoms with van der Waals surface area (Å²) in [6.07, 6.45) is 3.48. The molecule has 1 aromatic carbocycles. The Morgan fingerprint density at radius 2 is 2.05 bits per heavy atom. The second-order valence-electron chi connectivity index (χ2n) is 4.71. The summed E-state index contributed by atoms with van der Waals surface area (Å²) in [7, 11) is 0. The number of benzene rings is 1. The van der Waals surface area contributed by atoms with E-state index in [1.165, 1.54) is 23.7 Å². The van der Waals surface area contributed by atoms with Crippen molar-refractivity contribution in [3.8, 4) is 0 Å². The van der Waals surface area contributed by atoms with Crippen LogP contribution in [0.4, 0.5) is 0 Å². The minimum absolute atomic E-state index is 0.769. The molecule has 0 unspecified atom stereocenters. The highest BCUT2D eigenvalue weighted by Gasteiger charge is 2.07. The van der Waals surface area contributed by atoms with E-state index in [2.05, 4.69) is 46.3 Å². The third kappa shape index (κ3) is 3.71. The highest BCUT2D eigenvalue weighted by Crippen LogP contribution is 2.18. The van der Waals surface area contributed by atoms with Crippen molar-refractivity contribution in [2.45, 2.75) is 39.3 Å². The van der Waals surface area contributed by atoms with Gasteiger partial charge in [0, 0.05) is 24.4 Å². The lowest BCUT2D eigenvalue weighted by Crippen LogP contribution is -2.15. The van der Waals surface area contributed by atoms with E-state index in [9.17, 15) is 0 Å². The van der Waals surface area contributed by atoms with Crippen molar-refractivity contribution in [2.75, 3.05) is 12.4 Å². The number of rotatable bonds is 8. The first-order chi connectivity index (χ1) is 9.36. The van der Waals surface area contributed by atoms with Crippen LogP contribution in [0.15, 0.2) is 24.3 Å². The van der Waals surface area contributed by atoms with Crippen molar-refractivity contribution >= 4 is 22.5 Å². The van der Waals surface area contributed by atoms with Crippen LogP contribution in [-0.4, -0.2) is 22.2 Å². The normalized spacial score (nSPS) is 11.3. The van der Waals surface area contributed by atoms with E-state index in [1.807, 2.05) is 0 Å². The van der Waals surface area contributed by atoms with Crippen LogP contribution < -0.4 is 5.32 Å². The van der Waals surface area contributed by atoms with Crippen LogP contribution in [0.5, 0.6) is 0 Å². The zero-order chi connectivity index (χ0) is 13.5. The molecule has 104 valence electrons. The molecular formula is C15H22ClN3. The van der Waals surface area contributed by atoms with Crippen LogP contribution in [0, 0.1) is 0 Å². The van der Waals surface area contributed by atoms with Crippen LogP contribution in [-0.2, 0) is 13.1 Å². The van der Waals surface area contributed by atoms with E-state index in [1.54, 1.807) is 0 Å². The smallest absolute Gasteiger partial charge is 0.0841 e. The topological polar surface area (TPSA) is 29.9 Å². The molecular weight excluding hydrogens is 258 g/mol. The second-order valence-corrected chi connectivity index (χ2v) is 5.08. The van der Waals surface area contributed by atoms with Crippen molar-refractivity contribution in [1.82, 2.24) is 15.1 Å². The molecule has 3 nitrogen and oxygen atoms in total. The standard InChI is InChI=1S/C15H22ClN3/c1-2-19-15-9-5-4-8-13(15)14(18-19)12-17-11-7-3-6-10-16/h4-5,8-9,17H,2-3,6-7,10-12H2,1H3. The number of unbranched alkanes of at least 4 members (excludes halogenated alkanes) is 2. The van der Waals surface area contributed by atoms with Gasteiger partial charge in [-0.15, -0.1) is 11.6 Å². The van der Waals surface area contributed by atoms with Crippen LogP contribution >= 0.6 is 11.6 Å². The second kappa shape index (κ2) is 7.51. The summed E-state index contributed by atoms with van der Waals surface area (Å²) in [4.78, 5) is 0. The molecule has 4 heteroatoms. The molecule has 0 aliphatic rings. The van der Waals surface area contributed by atoms with Gasteiger partial charge < -0.3 is 5.32 Å². The van der Waals surface area contributed by atoms with Gasteiger partial charge in [0.2, 0.25) is 0 Å². The minimum atomic E-state index is 0.769. The maximum atomic E-state index is 5.66. The van der Waals surface area contributed by atoms with Gasteiger partial charge in [0.05, 0.1) is 11.2 Å². The summed E-state index contributed by atoms with van der Waals surface area (Å²) in [6, 6.07) is 8.43. The number of fused-ring (bicyclic) bond motifs is 1. The Kier molecular flexibility index (Phi) is 5.67. The van der Waals surface area contributed by atoms with Gasteiger partial charge >= 0.3 is 0 Å². The van der Waals surface area contributed by atoms with Gasteiger partial charge in [-0.05, 0) is 32.4 Å². The predicted octanol–water partition coefficient (Wildman–Crippen LogP) is 3.55. The van der Waals surface area contributed by atoms with E-state index in [-0.39, 0.29) is 0 Å². The summed E-state index contributed by atoms with van der Waals surface area (Å²) in [5.41, 5.74) is 2.37. The minimum Gasteiger partial charge on any atom is -0.311 e. The third-order valence-electron chi connectivity index (χ3n) is 3.31. The molecule has 1 heterocycles. The summed E-state index contributed by atoms with van der Waals surface area (Å²) >= 11 is 5.66. The summed E-state index contributed by atoms with van der Waals surface area (Å²) in [5, 5.41) is 9.41. The molecule has 0 amide bonds. The van der Waals surface area contributed by atoms with Gasteiger partial charge in [0.15, 0.2) is 0 Å². The zero-order valence-corrected chi connectivity index (χ0v) is 12.3. The van der Waals surface area contributed by atoms with Crippen LogP contribution in [0.3, 0.4) is 0 Å². The maximum absolute atomic E-state index is 5.66. The monoisotopic (exact) mass is 279 g/mol. The van der Waals surface area contributed by atoms with E-state index >= 15 is 0 Å². The molecule has 0 spiro atoms. The molecule has 0 saturated heterocycles. The molecule has 0 aliphatic carbocycles. The number of hydrogen-bond acceptors (Lipinski definition) is 2. The highest BCUT2D eigenvalue weighted by atomic mass is 35.5. The first kappa shape index (κ1) is 14.4. The van der Waals surface area contributed by atoms with E-state index in [0.29, 0.717) is 0 Å². The molecule has 0 saturated carbocycles. The number of nitrogens with one attached hydrogen (secondary N) is 1. The molecule has 1 aromatic heterocycles. The average Bonchev–Trinajstić information content (AvgIpc) is 2.81. The number of para-hydroxylation sites is 1. The quantitative estimate of drug-likeness (QED) is 0.591. The fourth-order valence-electron chi connectivity index (χ4n) is 2.30. The largest absolute Gasteiger partial charge is 0.311 e. The molecule has 0 aliphatic heterocycles. The van der Waals surface area contributed by atoms with Gasteiger partial charge in [-0.1, -0.05) is 24.6 Å². The lowest BCUT2D eigenvalue weighted by atomic mass is 10.2. The molecule has 19 heavy (non-hydrogen) atoms. The average molecular weight is 280 g/mol. The number of aryl methyl sites for hydroxylation is 1. The van der Waals surface area contributed by atoms with Crippen molar-refractivity contribution in [3.63, 3.8) is 0 Å². The fourth-order valence-corrected chi connectivity index (χ4v) is 2.48. The Balaban J connectivity index is 1.93. The number of alkyl halides is 1. The Hall–Kier alpha value is -1.06. The molecule has 0 radical (unpaired) electrons. The van der Waals surface area contributed by atoms with Gasteiger partial charge in [-0.2, -0.15) is 5.10 Å². The van der Waals surface area contributed by atoms with Gasteiger partial charge in [0.1, 0.15) is 0 Å². The SMILES string of the molecule is CCn1nc(CNCCCCCCl)c2ccccc21. The number of hydrogen-bond donors (Lipinski definition) is 1. The van der Waals surface area contributed by atoms with Gasteiger partial charge in [0.25, 0.3) is 0 Å². The molecule has 0 atom stereocenters. The molecule has 0 fully saturated rings. The summed E-state index contributed by atoms with van der Waals surface area (Å²) < 4.78 is 2.07. The van der Waals surface area contributed by atoms with E-state index in [0.717, 1.165) is 37.6 Å². The zero-order valence-electron chi connectivity index (χ0n) is 11.5. The highest BCUT2D eigenvalue weighted by molar-refractivity contribution is 6.17. The number of halogens is 1. The molecule has 0 bridgehead atoms. The maximum Gasteiger partial charge on any atom is 0.0841 e. The Morgan fingerprint density at radius 1 is 1.21 bits per heavy atom. The Morgan fingerprint density at radius 3 is 2.84 bits per heavy atom. The Labute approximate surface area is 119 Å². The molecule has 2 rings (SSSR count). The predicted molar refractivity (Wildman–Crippen MR) is 81.7 cm³/mol. The third-order valence-corrected chi connectivity index (χ3v) is 3.58. The first-order valence-electron chi connectivity index (χ1n) is 7.08. The van der Waals surface area contributed by atoms with Crippen molar-refractivity contribution in [3.05, 3.63) is 30.0 Å². The first-order valence-corrected chi connectivity index (χ1v) is 7.61. The lowest BCUT2D eigenvalue weighted by Gasteiger charge is -2.02. The van der Waals surface area contributed by atoms with Crippen LogP contribution in [0.1, 0.15) is 31.9 Å². The van der Waals surface area contributed by atoms with Crippen molar-refractivity contribution in [2.24, 2.45) is 0 Å². The fraction of sp³-hybridized carbons (Fsp3) is 0.533. The summed E-state index contributed by atoms with van der Waals surface area (Å²) in [5.74, 6) is 0.769.